The number of carbonyl (C=O) groups excluding carboxylic acids is 1. The topological polar surface area (TPSA) is 45.2 Å². The molecule has 0 unspecified atom stereocenters. The number of carbonyl (C=O) groups is 1. The molecule has 0 radical (unpaired) electrons. The zero-order chi connectivity index (χ0) is 17.8. The summed E-state index contributed by atoms with van der Waals surface area (Å²) in [7, 11) is 0. The summed E-state index contributed by atoms with van der Waals surface area (Å²) in [4.78, 5) is 19.2. The van der Waals surface area contributed by atoms with E-state index >= 15 is 0 Å². The lowest BCUT2D eigenvalue weighted by molar-refractivity contribution is -0.122. The summed E-state index contributed by atoms with van der Waals surface area (Å²) in [5.41, 5.74) is 2.56. The van der Waals surface area contributed by atoms with Gasteiger partial charge in [-0.2, -0.15) is 0 Å². The number of hydrogen-bond donors (Lipinski definition) is 1. The summed E-state index contributed by atoms with van der Waals surface area (Å²) in [5, 5.41) is 3.22. The number of nitrogens with zero attached hydrogens (tertiary/aromatic N) is 2. The predicted octanol–water partition coefficient (Wildman–Crippen LogP) is 3.21. The fourth-order valence-electron chi connectivity index (χ4n) is 4.14. The third kappa shape index (κ3) is 4.31. The van der Waals surface area contributed by atoms with E-state index in [9.17, 15) is 4.79 Å². The molecule has 2 fully saturated rings. The van der Waals surface area contributed by atoms with E-state index < -0.39 is 0 Å². The van der Waals surface area contributed by atoms with E-state index in [0.717, 1.165) is 32.6 Å². The second-order valence-corrected chi connectivity index (χ2v) is 7.71. The number of hydrogen-bond acceptors (Lipinski definition) is 3. The van der Waals surface area contributed by atoms with Crippen molar-refractivity contribution in [1.82, 2.24) is 15.2 Å². The Hall–Kier alpha value is -2.20. The van der Waals surface area contributed by atoms with Gasteiger partial charge in [-0.15, -0.1) is 0 Å². The first kappa shape index (κ1) is 17.2. The van der Waals surface area contributed by atoms with Crippen molar-refractivity contribution >= 4 is 5.91 Å². The van der Waals surface area contributed by atoms with E-state index in [-0.39, 0.29) is 11.8 Å². The average molecular weight is 349 g/mol. The number of rotatable bonds is 6. The molecule has 1 aliphatic carbocycles. The number of piperidine rings is 1. The molecule has 0 spiro atoms. The van der Waals surface area contributed by atoms with Gasteiger partial charge in [0.2, 0.25) is 5.91 Å². The third-order valence-electron chi connectivity index (χ3n) is 5.65. The molecule has 4 heteroatoms. The molecule has 26 heavy (non-hydrogen) atoms. The summed E-state index contributed by atoms with van der Waals surface area (Å²) in [6.07, 6.45) is 7.17. The molecule has 0 bridgehead atoms. The SMILES string of the molecule is O=C(NC[C@@H]1CCCN(Cc2cccnc2)C1)[C@@H]1C[C@H]1c1ccccc1. The maximum absolute atomic E-state index is 12.5. The lowest BCUT2D eigenvalue weighted by Crippen LogP contribution is -2.41. The van der Waals surface area contributed by atoms with Crippen LogP contribution in [-0.4, -0.2) is 35.4 Å². The molecular formula is C22H27N3O. The smallest absolute Gasteiger partial charge is 0.223 e. The molecule has 136 valence electrons. The van der Waals surface area contributed by atoms with Crippen LogP contribution < -0.4 is 5.32 Å². The normalized spacial score (nSPS) is 25.6. The highest BCUT2D eigenvalue weighted by molar-refractivity contribution is 5.82. The van der Waals surface area contributed by atoms with Gasteiger partial charge in [0.1, 0.15) is 0 Å². The molecule has 1 saturated heterocycles. The van der Waals surface area contributed by atoms with Crippen LogP contribution in [0.5, 0.6) is 0 Å². The number of aromatic nitrogens is 1. The maximum Gasteiger partial charge on any atom is 0.223 e. The van der Waals surface area contributed by atoms with Crippen LogP contribution in [0.2, 0.25) is 0 Å². The molecule has 4 nitrogen and oxygen atoms in total. The number of pyridine rings is 1. The van der Waals surface area contributed by atoms with Crippen LogP contribution in [0.1, 0.15) is 36.3 Å². The molecule has 3 atom stereocenters. The van der Waals surface area contributed by atoms with Crippen LogP contribution in [0.15, 0.2) is 54.9 Å². The molecule has 1 aromatic heterocycles. The van der Waals surface area contributed by atoms with E-state index in [1.54, 1.807) is 0 Å². The Morgan fingerprint density at radius 1 is 1.19 bits per heavy atom. The highest BCUT2D eigenvalue weighted by atomic mass is 16.2. The van der Waals surface area contributed by atoms with Crippen molar-refractivity contribution in [3.05, 3.63) is 66.0 Å². The second-order valence-electron chi connectivity index (χ2n) is 7.71. The number of amides is 1. The van der Waals surface area contributed by atoms with Crippen molar-refractivity contribution in [2.75, 3.05) is 19.6 Å². The van der Waals surface area contributed by atoms with Gasteiger partial charge in [-0.25, -0.2) is 0 Å². The molecule has 1 aromatic carbocycles. The average Bonchev–Trinajstić information content (AvgIpc) is 3.49. The van der Waals surface area contributed by atoms with Gasteiger partial charge in [0.05, 0.1) is 0 Å². The van der Waals surface area contributed by atoms with E-state index in [2.05, 4.69) is 45.5 Å². The standard InChI is InChI=1S/C22H27N3O/c26-22(21-12-20(21)19-8-2-1-3-9-19)24-14-18-7-5-11-25(16-18)15-17-6-4-10-23-13-17/h1-4,6,8-10,13,18,20-21H,5,7,11-12,14-16H2,(H,24,26)/t18-,20-,21+/m0/s1. The minimum atomic E-state index is 0.174. The Morgan fingerprint density at radius 3 is 2.88 bits per heavy atom. The number of likely N-dealkylation sites (tertiary alicyclic amines) is 1. The molecule has 1 saturated carbocycles. The summed E-state index contributed by atoms with van der Waals surface area (Å²) in [6, 6.07) is 14.5. The van der Waals surface area contributed by atoms with Crippen LogP contribution in [0.4, 0.5) is 0 Å². The molecule has 1 N–H and O–H groups in total. The largest absolute Gasteiger partial charge is 0.356 e. The summed E-state index contributed by atoms with van der Waals surface area (Å²) in [6.45, 7) is 3.96. The van der Waals surface area contributed by atoms with Gasteiger partial charge in [0.25, 0.3) is 0 Å². The first-order valence-electron chi connectivity index (χ1n) is 9.73. The highest BCUT2D eigenvalue weighted by Crippen LogP contribution is 2.47. The third-order valence-corrected chi connectivity index (χ3v) is 5.65. The fraction of sp³-hybridized carbons (Fsp3) is 0.455. The van der Waals surface area contributed by atoms with Gasteiger partial charge in [-0.05, 0) is 54.8 Å². The van der Waals surface area contributed by atoms with E-state index in [4.69, 9.17) is 0 Å². The number of benzene rings is 1. The Balaban J connectivity index is 1.23. The molecule has 1 aliphatic heterocycles. The monoisotopic (exact) mass is 349 g/mol. The second kappa shape index (κ2) is 8.00. The van der Waals surface area contributed by atoms with Gasteiger partial charge in [-0.3, -0.25) is 14.7 Å². The highest BCUT2D eigenvalue weighted by Gasteiger charge is 2.43. The summed E-state index contributed by atoms with van der Waals surface area (Å²) >= 11 is 0. The van der Waals surface area contributed by atoms with Gasteiger partial charge < -0.3 is 5.32 Å². The zero-order valence-electron chi connectivity index (χ0n) is 15.2. The molecule has 2 aliphatic rings. The quantitative estimate of drug-likeness (QED) is 0.871. The fourth-order valence-corrected chi connectivity index (χ4v) is 4.14. The van der Waals surface area contributed by atoms with Gasteiger partial charge in [-0.1, -0.05) is 36.4 Å². The first-order chi connectivity index (χ1) is 12.8. The zero-order valence-corrected chi connectivity index (χ0v) is 15.2. The van der Waals surface area contributed by atoms with Gasteiger partial charge in [0.15, 0.2) is 0 Å². The van der Waals surface area contributed by atoms with Crippen molar-refractivity contribution in [2.45, 2.75) is 31.7 Å². The van der Waals surface area contributed by atoms with E-state index in [1.807, 2.05) is 24.5 Å². The summed E-state index contributed by atoms with van der Waals surface area (Å²) < 4.78 is 0. The summed E-state index contributed by atoms with van der Waals surface area (Å²) in [5.74, 6) is 1.39. The first-order valence-corrected chi connectivity index (χ1v) is 9.73. The van der Waals surface area contributed by atoms with E-state index in [1.165, 1.54) is 24.0 Å². The van der Waals surface area contributed by atoms with Crippen LogP contribution in [0.25, 0.3) is 0 Å². The van der Waals surface area contributed by atoms with Crippen LogP contribution in [-0.2, 0) is 11.3 Å². The molecule has 1 amide bonds. The van der Waals surface area contributed by atoms with Crippen molar-refractivity contribution < 1.29 is 4.79 Å². The minimum Gasteiger partial charge on any atom is -0.356 e. The lowest BCUT2D eigenvalue weighted by Gasteiger charge is -2.32. The number of nitrogens with one attached hydrogen (secondary N) is 1. The Labute approximate surface area is 155 Å². The van der Waals surface area contributed by atoms with Gasteiger partial charge >= 0.3 is 0 Å². The van der Waals surface area contributed by atoms with E-state index in [0.29, 0.717) is 11.8 Å². The van der Waals surface area contributed by atoms with Crippen molar-refractivity contribution in [1.29, 1.82) is 0 Å². The predicted molar refractivity (Wildman–Crippen MR) is 103 cm³/mol. The Kier molecular flexibility index (Phi) is 5.30. The van der Waals surface area contributed by atoms with Crippen molar-refractivity contribution in [2.24, 2.45) is 11.8 Å². The minimum absolute atomic E-state index is 0.174. The maximum atomic E-state index is 12.5. The molecular weight excluding hydrogens is 322 g/mol. The van der Waals surface area contributed by atoms with Crippen LogP contribution in [0, 0.1) is 11.8 Å². The molecule has 4 rings (SSSR count). The van der Waals surface area contributed by atoms with Crippen molar-refractivity contribution in [3.63, 3.8) is 0 Å². The molecule has 2 heterocycles. The van der Waals surface area contributed by atoms with Crippen LogP contribution in [0.3, 0.4) is 0 Å². The van der Waals surface area contributed by atoms with Crippen molar-refractivity contribution in [3.8, 4) is 0 Å². The molecule has 2 aromatic rings. The van der Waals surface area contributed by atoms with Crippen LogP contribution >= 0.6 is 0 Å². The Bertz CT molecular complexity index is 719. The lowest BCUT2D eigenvalue weighted by atomic mass is 9.97. The van der Waals surface area contributed by atoms with Gasteiger partial charge in [0, 0.05) is 37.9 Å². The Morgan fingerprint density at radius 2 is 2.08 bits per heavy atom.